The fraction of sp³-hybridized carbons (Fsp3) is 0.533. The summed E-state index contributed by atoms with van der Waals surface area (Å²) in [6, 6.07) is 2.07. The number of aliphatic hydroxyl groups is 1. The van der Waals surface area contributed by atoms with E-state index in [2.05, 4.69) is 32.3 Å². The Hall–Kier alpha value is -2.12. The molecule has 6 N–H and O–H groups in total. The molecular formula is C15H21ClN8O. The molecule has 0 aromatic carbocycles. The van der Waals surface area contributed by atoms with Crippen LogP contribution in [-0.4, -0.2) is 38.0 Å². The molecule has 2 aromatic heterocycles. The predicted molar refractivity (Wildman–Crippen MR) is 94.9 cm³/mol. The number of aromatic nitrogens is 3. The number of nitriles is 1. The summed E-state index contributed by atoms with van der Waals surface area (Å²) in [6.45, 7) is 3.80. The highest BCUT2D eigenvalue weighted by Gasteiger charge is 2.42. The van der Waals surface area contributed by atoms with Crippen molar-refractivity contribution in [2.45, 2.75) is 44.8 Å². The van der Waals surface area contributed by atoms with Crippen LogP contribution in [0.3, 0.4) is 0 Å². The van der Waals surface area contributed by atoms with Crippen LogP contribution in [0.15, 0.2) is 0 Å². The number of aliphatic hydroxyl groups excluding tert-OH is 1. The van der Waals surface area contributed by atoms with Gasteiger partial charge in [-0.1, -0.05) is 18.5 Å². The summed E-state index contributed by atoms with van der Waals surface area (Å²) < 4.78 is 1.37. The van der Waals surface area contributed by atoms with Crippen molar-refractivity contribution in [3.8, 4) is 6.07 Å². The Balaban J connectivity index is 1.88. The van der Waals surface area contributed by atoms with Gasteiger partial charge in [0, 0.05) is 0 Å². The van der Waals surface area contributed by atoms with Crippen LogP contribution in [0.5, 0.6) is 0 Å². The first-order valence-electron chi connectivity index (χ1n) is 8.09. The van der Waals surface area contributed by atoms with Crippen LogP contribution in [0, 0.1) is 18.3 Å². The third-order valence-electron chi connectivity index (χ3n) is 4.40. The number of nitrogen functional groups attached to an aromatic ring is 1. The second-order valence-electron chi connectivity index (χ2n) is 6.28. The lowest BCUT2D eigenvalue weighted by molar-refractivity contribution is 0.210. The SMILES string of the molecule is CC[C@H](NNC1(CO)CC1)Nc1nc2c(Cl)c(C)nn2c(N)c1C#N. The Morgan fingerprint density at radius 2 is 2.24 bits per heavy atom. The molecule has 134 valence electrons. The third-order valence-corrected chi connectivity index (χ3v) is 4.84. The fourth-order valence-corrected chi connectivity index (χ4v) is 2.64. The summed E-state index contributed by atoms with van der Waals surface area (Å²) in [6.07, 6.45) is 2.32. The second kappa shape index (κ2) is 6.65. The number of hydrazine groups is 1. The molecule has 3 rings (SSSR count). The summed E-state index contributed by atoms with van der Waals surface area (Å²) >= 11 is 6.23. The van der Waals surface area contributed by atoms with Gasteiger partial charge < -0.3 is 16.2 Å². The highest BCUT2D eigenvalue weighted by atomic mass is 35.5. The fourth-order valence-electron chi connectivity index (χ4n) is 2.48. The van der Waals surface area contributed by atoms with E-state index in [0.29, 0.717) is 28.6 Å². The van der Waals surface area contributed by atoms with Gasteiger partial charge in [0.25, 0.3) is 0 Å². The molecule has 0 bridgehead atoms. The van der Waals surface area contributed by atoms with E-state index in [-0.39, 0.29) is 29.7 Å². The number of halogens is 1. The largest absolute Gasteiger partial charge is 0.394 e. The van der Waals surface area contributed by atoms with Gasteiger partial charge in [-0.3, -0.25) is 0 Å². The normalized spacial score (nSPS) is 16.6. The van der Waals surface area contributed by atoms with Crippen LogP contribution in [0.1, 0.15) is 37.4 Å². The molecule has 2 heterocycles. The molecule has 0 amide bonds. The quantitative estimate of drug-likeness (QED) is 0.361. The van der Waals surface area contributed by atoms with Crippen molar-refractivity contribution in [3.63, 3.8) is 0 Å². The van der Waals surface area contributed by atoms with Gasteiger partial charge in [0.2, 0.25) is 0 Å². The van der Waals surface area contributed by atoms with Crippen LogP contribution in [0.25, 0.3) is 5.65 Å². The van der Waals surface area contributed by atoms with Crippen molar-refractivity contribution < 1.29 is 5.11 Å². The van der Waals surface area contributed by atoms with Crippen LogP contribution in [0.2, 0.25) is 5.02 Å². The Kier molecular flexibility index (Phi) is 4.71. The Bertz CT molecular complexity index is 838. The van der Waals surface area contributed by atoms with Gasteiger partial charge in [0.1, 0.15) is 22.5 Å². The number of hydrogen-bond acceptors (Lipinski definition) is 8. The van der Waals surface area contributed by atoms with Gasteiger partial charge >= 0.3 is 0 Å². The molecule has 0 radical (unpaired) electrons. The minimum Gasteiger partial charge on any atom is -0.394 e. The number of anilines is 2. The van der Waals surface area contributed by atoms with Gasteiger partial charge in [0.15, 0.2) is 11.5 Å². The van der Waals surface area contributed by atoms with Crippen molar-refractivity contribution in [1.29, 1.82) is 5.26 Å². The van der Waals surface area contributed by atoms with Crippen molar-refractivity contribution in [1.82, 2.24) is 25.4 Å². The standard InChI is InChI=1S/C15H21ClN8O/c1-3-10(21-23-15(7-25)4-5-15)19-13-9(6-17)12(18)24-14(20-13)11(16)8(2)22-24/h10,21,23,25H,3-5,7,18H2,1-2H3,(H,19,20)/t10-/m0/s1. The number of nitrogens with zero attached hydrogens (tertiary/aromatic N) is 4. The lowest BCUT2D eigenvalue weighted by Crippen LogP contribution is -2.52. The minimum atomic E-state index is -0.255. The molecule has 0 unspecified atom stereocenters. The van der Waals surface area contributed by atoms with Gasteiger partial charge in [-0.05, 0) is 26.2 Å². The van der Waals surface area contributed by atoms with E-state index in [0.717, 1.165) is 12.8 Å². The number of aryl methyl sites for hydroxylation is 1. The molecule has 2 aromatic rings. The Labute approximate surface area is 150 Å². The van der Waals surface area contributed by atoms with Gasteiger partial charge in [-0.15, -0.1) is 0 Å². The maximum atomic E-state index is 9.47. The summed E-state index contributed by atoms with van der Waals surface area (Å²) in [4.78, 5) is 4.43. The molecular weight excluding hydrogens is 344 g/mol. The third kappa shape index (κ3) is 3.21. The van der Waals surface area contributed by atoms with E-state index in [1.54, 1.807) is 6.92 Å². The van der Waals surface area contributed by atoms with Crippen LogP contribution in [0.4, 0.5) is 11.6 Å². The average molecular weight is 365 g/mol. The van der Waals surface area contributed by atoms with E-state index in [9.17, 15) is 10.4 Å². The second-order valence-corrected chi connectivity index (χ2v) is 6.66. The molecule has 0 saturated heterocycles. The van der Waals surface area contributed by atoms with Gasteiger partial charge in [0.05, 0.1) is 24.0 Å². The first kappa shape index (κ1) is 17.7. The zero-order valence-electron chi connectivity index (χ0n) is 14.1. The van der Waals surface area contributed by atoms with E-state index < -0.39 is 0 Å². The van der Waals surface area contributed by atoms with E-state index in [4.69, 9.17) is 17.3 Å². The number of nitrogens with two attached hydrogens (primary N) is 1. The monoisotopic (exact) mass is 364 g/mol. The highest BCUT2D eigenvalue weighted by Crippen LogP contribution is 2.34. The topological polar surface area (TPSA) is 136 Å². The molecule has 1 aliphatic carbocycles. The number of nitrogens with one attached hydrogen (secondary N) is 3. The molecule has 1 fully saturated rings. The first-order chi connectivity index (χ1) is 11.9. The van der Waals surface area contributed by atoms with Crippen molar-refractivity contribution in [3.05, 3.63) is 16.3 Å². The maximum Gasteiger partial charge on any atom is 0.178 e. The van der Waals surface area contributed by atoms with Crippen molar-refractivity contribution >= 4 is 28.9 Å². The van der Waals surface area contributed by atoms with Gasteiger partial charge in [-0.2, -0.15) is 14.9 Å². The van der Waals surface area contributed by atoms with Gasteiger partial charge in [-0.25, -0.2) is 15.8 Å². The predicted octanol–water partition coefficient (Wildman–Crippen LogP) is 0.912. The highest BCUT2D eigenvalue weighted by molar-refractivity contribution is 6.34. The molecule has 1 saturated carbocycles. The zero-order valence-corrected chi connectivity index (χ0v) is 14.9. The lowest BCUT2D eigenvalue weighted by atomic mass is 10.2. The van der Waals surface area contributed by atoms with Crippen molar-refractivity contribution in [2.24, 2.45) is 0 Å². The molecule has 10 heteroatoms. The minimum absolute atomic E-state index is 0.0712. The van der Waals surface area contributed by atoms with Crippen LogP contribution in [-0.2, 0) is 0 Å². The van der Waals surface area contributed by atoms with Crippen LogP contribution >= 0.6 is 11.6 Å². The first-order valence-corrected chi connectivity index (χ1v) is 8.47. The van der Waals surface area contributed by atoms with Crippen molar-refractivity contribution in [2.75, 3.05) is 17.7 Å². The summed E-state index contributed by atoms with van der Waals surface area (Å²) in [5, 5.41) is 26.6. The molecule has 0 spiro atoms. The smallest absolute Gasteiger partial charge is 0.178 e. The zero-order chi connectivity index (χ0) is 18.2. The van der Waals surface area contributed by atoms with E-state index in [1.807, 2.05) is 6.92 Å². The molecule has 9 nitrogen and oxygen atoms in total. The number of rotatable bonds is 7. The Morgan fingerprint density at radius 1 is 1.52 bits per heavy atom. The summed E-state index contributed by atoms with van der Waals surface area (Å²) in [7, 11) is 0. The molecule has 25 heavy (non-hydrogen) atoms. The molecule has 1 atom stereocenters. The molecule has 1 aliphatic rings. The maximum absolute atomic E-state index is 9.47. The Morgan fingerprint density at radius 3 is 2.80 bits per heavy atom. The van der Waals surface area contributed by atoms with E-state index >= 15 is 0 Å². The number of hydrogen-bond donors (Lipinski definition) is 5. The summed E-state index contributed by atoms with van der Waals surface area (Å²) in [5.41, 5.74) is 13.3. The van der Waals surface area contributed by atoms with E-state index in [1.165, 1.54) is 4.52 Å². The average Bonchev–Trinajstić information content (AvgIpc) is 3.34. The number of fused-ring (bicyclic) bond motifs is 1. The lowest BCUT2D eigenvalue weighted by Gasteiger charge is -2.24. The van der Waals surface area contributed by atoms with Crippen LogP contribution < -0.4 is 21.9 Å². The molecule has 0 aliphatic heterocycles. The summed E-state index contributed by atoms with van der Waals surface area (Å²) in [5.74, 6) is 0.520.